The van der Waals surface area contributed by atoms with Gasteiger partial charge in [-0.15, -0.1) is 0 Å². The van der Waals surface area contributed by atoms with Crippen molar-refractivity contribution in [2.75, 3.05) is 24.5 Å². The van der Waals surface area contributed by atoms with Crippen LogP contribution in [0.4, 0.5) is 5.13 Å². The predicted molar refractivity (Wildman–Crippen MR) is 58.6 cm³/mol. The Labute approximate surface area is 88.3 Å². The first-order valence-electron chi connectivity index (χ1n) is 5.05. The van der Waals surface area contributed by atoms with E-state index in [9.17, 15) is 0 Å². The summed E-state index contributed by atoms with van der Waals surface area (Å²) in [6.45, 7) is 4.87. The highest BCUT2D eigenvalue weighted by Crippen LogP contribution is 2.23. The Kier molecular flexibility index (Phi) is 2.98. The zero-order chi connectivity index (χ0) is 9.97. The molecule has 1 aliphatic rings. The first-order valence-corrected chi connectivity index (χ1v) is 5.82. The molecule has 0 radical (unpaired) electrons. The van der Waals surface area contributed by atoms with E-state index in [0.717, 1.165) is 30.6 Å². The molecule has 4 nitrogen and oxygen atoms in total. The van der Waals surface area contributed by atoms with Gasteiger partial charge in [-0.3, -0.25) is 0 Å². The topological polar surface area (TPSA) is 55.0 Å². The smallest absolute Gasteiger partial charge is 0.205 e. The summed E-state index contributed by atoms with van der Waals surface area (Å²) < 4.78 is 4.20. The van der Waals surface area contributed by atoms with E-state index in [1.54, 1.807) is 0 Å². The Balaban J connectivity index is 2.04. The average Bonchev–Trinajstić information content (AvgIpc) is 2.65. The molecular weight excluding hydrogens is 196 g/mol. The third-order valence-electron chi connectivity index (χ3n) is 2.64. The fourth-order valence-electron chi connectivity index (χ4n) is 1.85. The predicted octanol–water partition coefficient (Wildman–Crippen LogP) is 1.02. The van der Waals surface area contributed by atoms with Crippen molar-refractivity contribution in [3.05, 3.63) is 5.82 Å². The molecule has 1 unspecified atom stereocenters. The normalized spacial score (nSPS) is 22.7. The minimum atomic E-state index is 0.632. The number of rotatable bonds is 2. The van der Waals surface area contributed by atoms with E-state index in [1.165, 1.54) is 24.4 Å². The van der Waals surface area contributed by atoms with Gasteiger partial charge in [-0.2, -0.15) is 4.37 Å². The maximum absolute atomic E-state index is 5.69. The van der Waals surface area contributed by atoms with Crippen LogP contribution in [0.3, 0.4) is 0 Å². The summed E-state index contributed by atoms with van der Waals surface area (Å²) in [7, 11) is 0. The lowest BCUT2D eigenvalue weighted by atomic mass is 9.99. The molecule has 0 bridgehead atoms. The zero-order valence-electron chi connectivity index (χ0n) is 8.44. The van der Waals surface area contributed by atoms with Crippen molar-refractivity contribution in [3.63, 3.8) is 0 Å². The number of hydrogen-bond donors (Lipinski definition) is 1. The monoisotopic (exact) mass is 212 g/mol. The number of anilines is 1. The van der Waals surface area contributed by atoms with E-state index < -0.39 is 0 Å². The Hall–Kier alpha value is -0.680. The van der Waals surface area contributed by atoms with Gasteiger partial charge in [0, 0.05) is 24.6 Å². The molecule has 78 valence electrons. The molecule has 1 aromatic rings. The molecular formula is C9H16N4S. The Morgan fingerprint density at radius 3 is 3.14 bits per heavy atom. The van der Waals surface area contributed by atoms with E-state index in [0.29, 0.717) is 5.92 Å². The molecule has 1 saturated heterocycles. The van der Waals surface area contributed by atoms with Gasteiger partial charge in [0.2, 0.25) is 5.13 Å². The summed E-state index contributed by atoms with van der Waals surface area (Å²) in [4.78, 5) is 6.71. The molecule has 0 spiro atoms. The molecule has 2 rings (SSSR count). The SMILES string of the molecule is Cc1nsc(N2CCCC(CN)C2)n1. The fraction of sp³-hybridized carbons (Fsp3) is 0.778. The summed E-state index contributed by atoms with van der Waals surface area (Å²) in [6, 6.07) is 0. The van der Waals surface area contributed by atoms with Crippen molar-refractivity contribution in [2.24, 2.45) is 11.7 Å². The number of aryl methyl sites for hydroxylation is 1. The Morgan fingerprint density at radius 1 is 1.64 bits per heavy atom. The minimum Gasteiger partial charge on any atom is -0.347 e. The number of nitrogens with two attached hydrogens (primary N) is 1. The van der Waals surface area contributed by atoms with Crippen molar-refractivity contribution in [1.29, 1.82) is 0 Å². The van der Waals surface area contributed by atoms with Crippen LogP contribution < -0.4 is 10.6 Å². The van der Waals surface area contributed by atoms with Crippen molar-refractivity contribution in [3.8, 4) is 0 Å². The van der Waals surface area contributed by atoms with E-state index in [-0.39, 0.29) is 0 Å². The first-order chi connectivity index (χ1) is 6.79. The highest BCUT2D eigenvalue weighted by Gasteiger charge is 2.20. The van der Waals surface area contributed by atoms with Gasteiger partial charge in [0.15, 0.2) is 0 Å². The van der Waals surface area contributed by atoms with Gasteiger partial charge in [-0.25, -0.2) is 4.98 Å². The molecule has 1 aromatic heterocycles. The quantitative estimate of drug-likeness (QED) is 0.795. The Bertz CT molecular complexity index is 299. The van der Waals surface area contributed by atoms with Crippen LogP contribution in [0, 0.1) is 12.8 Å². The highest BCUT2D eigenvalue weighted by atomic mass is 32.1. The number of hydrogen-bond acceptors (Lipinski definition) is 5. The molecule has 0 amide bonds. The van der Waals surface area contributed by atoms with Gasteiger partial charge in [-0.05, 0) is 32.2 Å². The molecule has 1 atom stereocenters. The van der Waals surface area contributed by atoms with Crippen LogP contribution >= 0.6 is 11.5 Å². The van der Waals surface area contributed by atoms with Crippen LogP contribution in [0.2, 0.25) is 0 Å². The fourth-order valence-corrected chi connectivity index (χ4v) is 2.55. The van der Waals surface area contributed by atoms with Crippen LogP contribution in [0.1, 0.15) is 18.7 Å². The maximum atomic E-state index is 5.69. The molecule has 0 saturated carbocycles. The molecule has 0 aromatic carbocycles. The second kappa shape index (κ2) is 4.23. The van der Waals surface area contributed by atoms with Gasteiger partial charge >= 0.3 is 0 Å². The molecule has 0 aliphatic carbocycles. The summed E-state index contributed by atoms with van der Waals surface area (Å²) >= 11 is 1.49. The molecule has 5 heteroatoms. The molecule has 1 aliphatic heterocycles. The maximum Gasteiger partial charge on any atom is 0.205 e. The molecule has 1 fully saturated rings. The largest absolute Gasteiger partial charge is 0.347 e. The van der Waals surface area contributed by atoms with Crippen LogP contribution in [0.5, 0.6) is 0 Å². The van der Waals surface area contributed by atoms with Crippen molar-refractivity contribution in [2.45, 2.75) is 19.8 Å². The van der Waals surface area contributed by atoms with E-state index in [2.05, 4.69) is 14.3 Å². The van der Waals surface area contributed by atoms with Crippen molar-refractivity contribution < 1.29 is 0 Å². The van der Waals surface area contributed by atoms with Crippen LogP contribution in [-0.4, -0.2) is 29.0 Å². The molecule has 2 heterocycles. The van der Waals surface area contributed by atoms with Gasteiger partial charge in [0.25, 0.3) is 0 Å². The first kappa shape index (κ1) is 9.86. The molecule has 2 N–H and O–H groups in total. The van der Waals surface area contributed by atoms with Crippen LogP contribution in [-0.2, 0) is 0 Å². The number of aromatic nitrogens is 2. The Morgan fingerprint density at radius 2 is 2.50 bits per heavy atom. The third kappa shape index (κ3) is 2.04. The van der Waals surface area contributed by atoms with Gasteiger partial charge in [0.1, 0.15) is 5.82 Å². The van der Waals surface area contributed by atoms with Gasteiger partial charge < -0.3 is 10.6 Å². The summed E-state index contributed by atoms with van der Waals surface area (Å²) in [6.07, 6.45) is 2.48. The van der Waals surface area contributed by atoms with Crippen LogP contribution in [0.25, 0.3) is 0 Å². The van der Waals surface area contributed by atoms with Gasteiger partial charge in [0.05, 0.1) is 0 Å². The summed E-state index contributed by atoms with van der Waals surface area (Å²) in [5.41, 5.74) is 5.69. The average molecular weight is 212 g/mol. The van der Waals surface area contributed by atoms with E-state index >= 15 is 0 Å². The van der Waals surface area contributed by atoms with Crippen molar-refractivity contribution >= 4 is 16.7 Å². The van der Waals surface area contributed by atoms with Crippen LogP contribution in [0.15, 0.2) is 0 Å². The lowest BCUT2D eigenvalue weighted by molar-refractivity contribution is 0.423. The summed E-state index contributed by atoms with van der Waals surface area (Å²) in [5, 5.41) is 1.06. The van der Waals surface area contributed by atoms with Gasteiger partial charge in [-0.1, -0.05) is 0 Å². The van der Waals surface area contributed by atoms with Crippen molar-refractivity contribution in [1.82, 2.24) is 9.36 Å². The third-order valence-corrected chi connectivity index (χ3v) is 3.51. The standard InChI is InChI=1S/C9H16N4S/c1-7-11-9(14-12-7)13-4-2-3-8(5-10)6-13/h8H,2-6,10H2,1H3. The second-order valence-electron chi connectivity index (χ2n) is 3.81. The lowest BCUT2D eigenvalue weighted by Crippen LogP contribution is -2.38. The minimum absolute atomic E-state index is 0.632. The lowest BCUT2D eigenvalue weighted by Gasteiger charge is -2.31. The van der Waals surface area contributed by atoms with E-state index in [1.807, 2.05) is 6.92 Å². The second-order valence-corrected chi connectivity index (χ2v) is 4.54. The number of nitrogens with zero attached hydrogens (tertiary/aromatic N) is 3. The highest BCUT2D eigenvalue weighted by molar-refractivity contribution is 7.09. The van der Waals surface area contributed by atoms with E-state index in [4.69, 9.17) is 5.73 Å². The molecule has 14 heavy (non-hydrogen) atoms. The zero-order valence-corrected chi connectivity index (χ0v) is 9.26. The summed E-state index contributed by atoms with van der Waals surface area (Å²) in [5.74, 6) is 1.51. The number of piperidine rings is 1.